The number of aryl methyl sites for hydroxylation is 1. The lowest BCUT2D eigenvalue weighted by atomic mass is 10.1. The minimum absolute atomic E-state index is 0.136. The van der Waals surface area contributed by atoms with Crippen molar-refractivity contribution in [3.8, 4) is 11.3 Å². The number of rotatable bonds is 10. The normalized spacial score (nSPS) is 17.3. The molecular weight excluding hydrogens is 681 g/mol. The van der Waals surface area contributed by atoms with Crippen LogP contribution in [0.2, 0.25) is 15.1 Å². The fourth-order valence-electron chi connectivity index (χ4n) is 5.04. The van der Waals surface area contributed by atoms with Gasteiger partial charge in [-0.05, 0) is 79.7 Å². The van der Waals surface area contributed by atoms with Gasteiger partial charge in [-0.1, -0.05) is 76.9 Å². The van der Waals surface area contributed by atoms with E-state index < -0.39 is 29.6 Å². The Morgan fingerprint density at radius 2 is 1.43 bits per heavy atom. The predicted octanol–water partition coefficient (Wildman–Crippen LogP) is 8.98. The fraction of sp³-hybridized carbons (Fsp3) is 0.171. The van der Waals surface area contributed by atoms with E-state index in [1.807, 2.05) is 54.1 Å². The Morgan fingerprint density at radius 1 is 0.851 bits per heavy atom. The van der Waals surface area contributed by atoms with E-state index in [2.05, 4.69) is 5.43 Å². The molecule has 0 aliphatic carbocycles. The maximum Gasteiger partial charge on any atom is 0.338 e. The van der Waals surface area contributed by atoms with Crippen molar-refractivity contribution >= 4 is 64.2 Å². The lowest BCUT2D eigenvalue weighted by Crippen LogP contribution is -2.32. The van der Waals surface area contributed by atoms with Crippen molar-refractivity contribution < 1.29 is 23.8 Å². The molecule has 1 aromatic heterocycles. The van der Waals surface area contributed by atoms with E-state index in [0.717, 1.165) is 22.6 Å². The molecular formula is C35H28Cl3N3O5S. The lowest BCUT2D eigenvalue weighted by molar-refractivity contribution is -0.0315. The molecule has 0 unspecified atom stereocenters. The van der Waals surface area contributed by atoms with Crippen molar-refractivity contribution in [2.24, 2.45) is 0 Å². The highest BCUT2D eigenvalue weighted by molar-refractivity contribution is 7.99. The standard InChI is InChI=1S/C35H28Cl3N3O5S/c1-21-32(22-5-3-2-4-6-22)41(40-28-17-15-27(38)16-18-28)35(39-21)47-31-19-29(46-34(43)24-9-13-26(37)14-10-24)30(45-31)20-44-33(42)23-7-11-25(36)12-8-23/h2-18,29-31,40H,19-20H2,1H3/t29-,30+,31-/m0/s1. The molecule has 47 heavy (non-hydrogen) atoms. The van der Waals surface area contributed by atoms with E-state index >= 15 is 0 Å². The molecule has 1 aliphatic heterocycles. The van der Waals surface area contributed by atoms with E-state index in [-0.39, 0.29) is 6.61 Å². The Labute approximate surface area is 290 Å². The van der Waals surface area contributed by atoms with Crippen molar-refractivity contribution in [1.82, 2.24) is 9.66 Å². The number of carbonyl (C=O) groups is 2. The molecule has 12 heteroatoms. The van der Waals surface area contributed by atoms with Crippen LogP contribution in [0.25, 0.3) is 11.3 Å². The Morgan fingerprint density at radius 3 is 2.04 bits per heavy atom. The van der Waals surface area contributed by atoms with Gasteiger partial charge >= 0.3 is 11.9 Å². The number of hydrogen-bond donors (Lipinski definition) is 1. The summed E-state index contributed by atoms with van der Waals surface area (Å²) in [6.45, 7) is 1.81. The monoisotopic (exact) mass is 707 g/mol. The van der Waals surface area contributed by atoms with E-state index in [9.17, 15) is 9.59 Å². The van der Waals surface area contributed by atoms with Crippen molar-refractivity contribution in [2.75, 3.05) is 12.0 Å². The summed E-state index contributed by atoms with van der Waals surface area (Å²) in [6, 6.07) is 30.1. The first-order chi connectivity index (χ1) is 22.7. The van der Waals surface area contributed by atoms with Gasteiger partial charge in [-0.3, -0.25) is 5.43 Å². The topological polar surface area (TPSA) is 91.7 Å². The summed E-state index contributed by atoms with van der Waals surface area (Å²) in [6.07, 6.45) is -1.13. The number of anilines is 1. The summed E-state index contributed by atoms with van der Waals surface area (Å²) < 4.78 is 19.8. The van der Waals surface area contributed by atoms with E-state index in [0.29, 0.717) is 37.8 Å². The first kappa shape index (κ1) is 32.9. The van der Waals surface area contributed by atoms with Gasteiger partial charge in [-0.2, -0.15) is 0 Å². The highest BCUT2D eigenvalue weighted by atomic mass is 35.5. The first-order valence-corrected chi connectivity index (χ1v) is 16.6. The van der Waals surface area contributed by atoms with Gasteiger partial charge in [0, 0.05) is 27.1 Å². The van der Waals surface area contributed by atoms with Crippen LogP contribution in [0.15, 0.2) is 108 Å². The molecule has 0 radical (unpaired) electrons. The summed E-state index contributed by atoms with van der Waals surface area (Å²) in [4.78, 5) is 30.8. The highest BCUT2D eigenvalue weighted by Crippen LogP contribution is 2.38. The predicted molar refractivity (Wildman–Crippen MR) is 184 cm³/mol. The number of esters is 2. The van der Waals surface area contributed by atoms with Crippen LogP contribution in [-0.4, -0.2) is 45.8 Å². The third-order valence-electron chi connectivity index (χ3n) is 7.35. The third-order valence-corrected chi connectivity index (χ3v) is 9.16. The van der Waals surface area contributed by atoms with Crippen molar-refractivity contribution in [3.63, 3.8) is 0 Å². The van der Waals surface area contributed by atoms with Crippen LogP contribution < -0.4 is 5.43 Å². The third kappa shape index (κ3) is 8.12. The molecule has 1 saturated heterocycles. The number of nitrogens with zero attached hydrogens (tertiary/aromatic N) is 2. The zero-order chi connectivity index (χ0) is 32.9. The summed E-state index contributed by atoms with van der Waals surface area (Å²) in [5.41, 5.74) is 7.09. The van der Waals surface area contributed by atoms with Crippen LogP contribution in [-0.2, 0) is 14.2 Å². The Bertz CT molecular complexity index is 1850. The molecule has 1 N–H and O–H groups in total. The minimum Gasteiger partial charge on any atom is -0.459 e. The van der Waals surface area contributed by atoms with Gasteiger partial charge in [-0.25, -0.2) is 19.2 Å². The molecule has 5 aromatic rings. The van der Waals surface area contributed by atoms with Crippen molar-refractivity contribution in [1.29, 1.82) is 0 Å². The van der Waals surface area contributed by atoms with Gasteiger partial charge in [0.05, 0.1) is 28.2 Å². The second-order valence-electron chi connectivity index (χ2n) is 10.7. The van der Waals surface area contributed by atoms with Gasteiger partial charge in [-0.15, -0.1) is 0 Å². The number of ether oxygens (including phenoxy) is 3. The summed E-state index contributed by atoms with van der Waals surface area (Å²) in [5.74, 6) is -1.09. The van der Waals surface area contributed by atoms with Crippen LogP contribution >= 0.6 is 46.6 Å². The van der Waals surface area contributed by atoms with Crippen LogP contribution in [0.1, 0.15) is 32.8 Å². The number of imidazole rings is 1. The number of halogens is 3. The molecule has 0 amide bonds. The molecule has 0 saturated carbocycles. The number of aromatic nitrogens is 2. The van der Waals surface area contributed by atoms with Crippen LogP contribution in [0.4, 0.5) is 5.69 Å². The first-order valence-electron chi connectivity index (χ1n) is 14.6. The molecule has 0 bridgehead atoms. The van der Waals surface area contributed by atoms with Crippen LogP contribution in [0.5, 0.6) is 0 Å². The molecule has 4 aromatic carbocycles. The van der Waals surface area contributed by atoms with E-state index in [4.69, 9.17) is 54.0 Å². The van der Waals surface area contributed by atoms with E-state index in [1.54, 1.807) is 60.7 Å². The zero-order valence-electron chi connectivity index (χ0n) is 24.9. The maximum absolute atomic E-state index is 13.1. The highest BCUT2D eigenvalue weighted by Gasteiger charge is 2.40. The molecule has 8 nitrogen and oxygen atoms in total. The molecule has 0 spiro atoms. The largest absolute Gasteiger partial charge is 0.459 e. The Hall–Kier alpha value is -3.99. The Balaban J connectivity index is 1.25. The molecule has 2 heterocycles. The van der Waals surface area contributed by atoms with Gasteiger partial charge in [0.1, 0.15) is 24.3 Å². The molecule has 1 fully saturated rings. The fourth-order valence-corrected chi connectivity index (χ4v) is 6.57. The molecule has 3 atom stereocenters. The van der Waals surface area contributed by atoms with Crippen LogP contribution in [0, 0.1) is 6.92 Å². The number of carbonyl (C=O) groups excluding carboxylic acids is 2. The summed E-state index contributed by atoms with van der Waals surface area (Å²) in [7, 11) is 0. The van der Waals surface area contributed by atoms with Crippen LogP contribution in [0.3, 0.4) is 0 Å². The van der Waals surface area contributed by atoms with E-state index in [1.165, 1.54) is 11.8 Å². The number of benzene rings is 4. The molecule has 6 rings (SSSR count). The average molecular weight is 709 g/mol. The van der Waals surface area contributed by atoms with Gasteiger partial charge < -0.3 is 14.2 Å². The zero-order valence-corrected chi connectivity index (χ0v) is 28.0. The Kier molecular flexibility index (Phi) is 10.4. The van der Waals surface area contributed by atoms with Crippen molar-refractivity contribution in [3.05, 3.63) is 135 Å². The van der Waals surface area contributed by atoms with Gasteiger partial charge in [0.15, 0.2) is 5.16 Å². The molecule has 1 aliphatic rings. The van der Waals surface area contributed by atoms with Gasteiger partial charge in [0.2, 0.25) is 0 Å². The second-order valence-corrected chi connectivity index (χ2v) is 13.1. The number of nitrogens with one attached hydrogen (secondary N) is 1. The average Bonchev–Trinajstić information content (AvgIpc) is 3.60. The summed E-state index contributed by atoms with van der Waals surface area (Å²) in [5, 5.41) is 2.26. The smallest absolute Gasteiger partial charge is 0.338 e. The number of thioether (sulfide) groups is 1. The van der Waals surface area contributed by atoms with Gasteiger partial charge in [0.25, 0.3) is 0 Å². The second kappa shape index (κ2) is 14.8. The molecule has 240 valence electrons. The quantitative estimate of drug-likeness (QED) is 0.144. The van der Waals surface area contributed by atoms with Crippen molar-refractivity contribution in [2.45, 2.75) is 36.1 Å². The number of hydrogen-bond acceptors (Lipinski definition) is 8. The SMILES string of the molecule is Cc1nc(S[C@H]2C[C@H](OC(=O)c3ccc(Cl)cc3)[C@@H](COC(=O)c3ccc(Cl)cc3)O2)n(Nc2ccc(Cl)cc2)c1-c1ccccc1. The minimum atomic E-state index is -0.734. The maximum atomic E-state index is 13.1. The summed E-state index contributed by atoms with van der Waals surface area (Å²) >= 11 is 19.5. The lowest BCUT2D eigenvalue weighted by Gasteiger charge is -2.19.